The maximum absolute atomic E-state index is 5.36. The summed E-state index contributed by atoms with van der Waals surface area (Å²) in [5.41, 5.74) is 0. The Bertz CT molecular complexity index is 253. The maximum Gasteiger partial charge on any atom is 0.0847 e. The Morgan fingerprint density at radius 3 is 2.00 bits per heavy atom. The molecule has 90 valence electrons. The summed E-state index contributed by atoms with van der Waals surface area (Å²) in [7, 11) is 0. The van der Waals surface area contributed by atoms with Crippen LogP contribution in [0.15, 0.2) is 12.7 Å². The molecule has 2 aliphatic heterocycles. The normalized spacial score (nSPS) is 47.9. The van der Waals surface area contributed by atoms with E-state index in [0.29, 0.717) is 24.4 Å². The van der Waals surface area contributed by atoms with E-state index in [2.05, 4.69) is 12.7 Å². The van der Waals surface area contributed by atoms with Gasteiger partial charge in [0, 0.05) is 0 Å². The molecule has 0 radical (unpaired) electrons. The first-order chi connectivity index (χ1) is 7.86. The zero-order valence-corrected chi connectivity index (χ0v) is 9.94. The van der Waals surface area contributed by atoms with Gasteiger partial charge in [-0.05, 0) is 38.0 Å². The van der Waals surface area contributed by atoms with Gasteiger partial charge in [0.1, 0.15) is 0 Å². The molecule has 2 nitrogen and oxygen atoms in total. The Hall–Kier alpha value is -0.340. The molecule has 0 aromatic heterocycles. The maximum atomic E-state index is 5.36. The summed E-state index contributed by atoms with van der Waals surface area (Å²) in [5.74, 6) is 0.744. The van der Waals surface area contributed by atoms with E-state index in [0.717, 1.165) is 5.92 Å². The van der Waals surface area contributed by atoms with Gasteiger partial charge in [-0.3, -0.25) is 0 Å². The van der Waals surface area contributed by atoms with Crippen molar-refractivity contribution in [1.82, 2.24) is 0 Å². The lowest BCUT2D eigenvalue weighted by Crippen LogP contribution is -2.10. The van der Waals surface area contributed by atoms with E-state index in [4.69, 9.17) is 9.47 Å². The third-order valence-corrected chi connectivity index (χ3v) is 4.29. The zero-order valence-electron chi connectivity index (χ0n) is 9.94. The largest absolute Gasteiger partial charge is 0.370 e. The first kappa shape index (κ1) is 10.8. The van der Waals surface area contributed by atoms with Crippen molar-refractivity contribution in [3.63, 3.8) is 0 Å². The number of rotatable bonds is 1. The second-order valence-corrected chi connectivity index (χ2v) is 5.52. The van der Waals surface area contributed by atoms with Crippen LogP contribution in [0.4, 0.5) is 0 Å². The quantitative estimate of drug-likeness (QED) is 0.503. The van der Waals surface area contributed by atoms with E-state index in [-0.39, 0.29) is 0 Å². The van der Waals surface area contributed by atoms with Gasteiger partial charge in [-0.15, -0.1) is 6.58 Å². The lowest BCUT2D eigenvalue weighted by molar-refractivity contribution is 0.370. The Balaban J connectivity index is 0.000000104. The number of hydrogen-bond donors (Lipinski definition) is 0. The Labute approximate surface area is 98.0 Å². The molecule has 2 heteroatoms. The highest BCUT2D eigenvalue weighted by Crippen LogP contribution is 2.39. The molecule has 0 aromatic carbocycles. The third-order valence-electron chi connectivity index (χ3n) is 4.29. The first-order valence-corrected chi connectivity index (χ1v) is 6.80. The predicted molar refractivity (Wildman–Crippen MR) is 63.3 cm³/mol. The van der Waals surface area contributed by atoms with Crippen LogP contribution in [-0.4, -0.2) is 24.4 Å². The van der Waals surface area contributed by atoms with E-state index in [1.165, 1.54) is 44.9 Å². The second-order valence-electron chi connectivity index (χ2n) is 5.52. The number of ether oxygens (including phenoxy) is 2. The molecule has 0 amide bonds. The molecular weight excluding hydrogens is 200 g/mol. The molecule has 0 aromatic rings. The molecule has 4 fully saturated rings. The average molecular weight is 222 g/mol. The molecule has 2 saturated carbocycles. The predicted octanol–water partition coefficient (Wildman–Crippen LogP) is 3.07. The van der Waals surface area contributed by atoms with Crippen molar-refractivity contribution in [2.75, 3.05) is 0 Å². The highest BCUT2D eigenvalue weighted by Gasteiger charge is 2.42. The first-order valence-electron chi connectivity index (χ1n) is 6.80. The summed E-state index contributed by atoms with van der Waals surface area (Å²) in [4.78, 5) is 0. The molecule has 0 N–H and O–H groups in total. The SMILES string of the molecule is C1CCC2OC2C1.C=CC1CCC2OC2C1. The van der Waals surface area contributed by atoms with Crippen molar-refractivity contribution in [1.29, 1.82) is 0 Å². The minimum absolute atomic E-state index is 0.613. The van der Waals surface area contributed by atoms with Crippen LogP contribution in [-0.2, 0) is 9.47 Å². The molecule has 2 saturated heterocycles. The molecule has 4 aliphatic rings. The Morgan fingerprint density at radius 1 is 0.812 bits per heavy atom. The summed E-state index contributed by atoms with van der Waals surface area (Å²) < 4.78 is 10.6. The minimum Gasteiger partial charge on any atom is -0.370 e. The molecule has 5 atom stereocenters. The monoisotopic (exact) mass is 222 g/mol. The Morgan fingerprint density at radius 2 is 1.44 bits per heavy atom. The van der Waals surface area contributed by atoms with Crippen LogP contribution in [0, 0.1) is 5.92 Å². The summed E-state index contributed by atoms with van der Waals surface area (Å²) in [6, 6.07) is 0. The van der Waals surface area contributed by atoms with Crippen LogP contribution >= 0.6 is 0 Å². The van der Waals surface area contributed by atoms with Crippen molar-refractivity contribution >= 4 is 0 Å². The molecule has 2 heterocycles. The fraction of sp³-hybridized carbons (Fsp3) is 0.857. The Kier molecular flexibility index (Phi) is 3.03. The van der Waals surface area contributed by atoms with Gasteiger partial charge >= 0.3 is 0 Å². The summed E-state index contributed by atoms with van der Waals surface area (Å²) in [5, 5.41) is 0. The van der Waals surface area contributed by atoms with Gasteiger partial charge in [-0.25, -0.2) is 0 Å². The van der Waals surface area contributed by atoms with E-state index in [9.17, 15) is 0 Å². The van der Waals surface area contributed by atoms with Crippen molar-refractivity contribution < 1.29 is 9.47 Å². The number of fused-ring (bicyclic) bond motifs is 2. The topological polar surface area (TPSA) is 25.1 Å². The molecule has 4 rings (SSSR count). The zero-order chi connectivity index (χ0) is 11.0. The fourth-order valence-corrected chi connectivity index (χ4v) is 3.03. The standard InChI is InChI=1S/C8H12O.C6H10O/c1-2-6-3-4-7-8(5-6)9-7;1-2-4-6-5(3-1)7-6/h2,6-8H,1,3-5H2;5-6H,1-4H2. The minimum atomic E-state index is 0.613. The van der Waals surface area contributed by atoms with Gasteiger partial charge in [-0.2, -0.15) is 0 Å². The van der Waals surface area contributed by atoms with Gasteiger partial charge in [0.15, 0.2) is 0 Å². The lowest BCUT2D eigenvalue weighted by Gasteiger charge is -2.12. The van der Waals surface area contributed by atoms with Crippen LogP contribution in [0.1, 0.15) is 44.9 Å². The van der Waals surface area contributed by atoms with E-state index >= 15 is 0 Å². The molecule has 0 spiro atoms. The van der Waals surface area contributed by atoms with Crippen LogP contribution < -0.4 is 0 Å². The molecular formula is C14H22O2. The summed E-state index contributed by atoms with van der Waals surface area (Å²) >= 11 is 0. The fourth-order valence-electron chi connectivity index (χ4n) is 3.03. The highest BCUT2D eigenvalue weighted by molar-refractivity contribution is 4.96. The molecule has 2 aliphatic carbocycles. The van der Waals surface area contributed by atoms with Crippen LogP contribution in [0.5, 0.6) is 0 Å². The van der Waals surface area contributed by atoms with Crippen LogP contribution in [0.2, 0.25) is 0 Å². The lowest BCUT2D eigenvalue weighted by atomic mass is 9.90. The smallest absolute Gasteiger partial charge is 0.0847 e. The summed E-state index contributed by atoms with van der Waals surface area (Å²) in [6.45, 7) is 3.78. The van der Waals surface area contributed by atoms with Crippen molar-refractivity contribution in [3.8, 4) is 0 Å². The second kappa shape index (κ2) is 4.50. The van der Waals surface area contributed by atoms with Crippen molar-refractivity contribution in [2.24, 2.45) is 5.92 Å². The van der Waals surface area contributed by atoms with Crippen LogP contribution in [0.3, 0.4) is 0 Å². The number of allylic oxidation sites excluding steroid dienone is 1. The van der Waals surface area contributed by atoms with Gasteiger partial charge in [0.05, 0.1) is 24.4 Å². The molecule has 5 unspecified atom stereocenters. The number of epoxide rings is 2. The van der Waals surface area contributed by atoms with Crippen molar-refractivity contribution in [3.05, 3.63) is 12.7 Å². The molecule has 0 bridgehead atoms. The molecule has 16 heavy (non-hydrogen) atoms. The summed E-state index contributed by atoms with van der Waals surface area (Å²) in [6.07, 6.45) is 14.0. The van der Waals surface area contributed by atoms with Gasteiger partial charge < -0.3 is 9.47 Å². The average Bonchev–Trinajstić information content (AvgIpc) is 3.22. The number of hydrogen-bond acceptors (Lipinski definition) is 2. The van der Waals surface area contributed by atoms with E-state index in [1.807, 2.05) is 0 Å². The van der Waals surface area contributed by atoms with Gasteiger partial charge in [0.2, 0.25) is 0 Å². The van der Waals surface area contributed by atoms with E-state index in [1.54, 1.807) is 0 Å². The highest BCUT2D eigenvalue weighted by atomic mass is 16.6. The third kappa shape index (κ3) is 2.49. The van der Waals surface area contributed by atoms with Gasteiger partial charge in [0.25, 0.3) is 0 Å². The van der Waals surface area contributed by atoms with Gasteiger partial charge in [-0.1, -0.05) is 18.9 Å². The van der Waals surface area contributed by atoms with Crippen molar-refractivity contribution in [2.45, 2.75) is 69.4 Å². The van der Waals surface area contributed by atoms with Crippen LogP contribution in [0.25, 0.3) is 0 Å². The van der Waals surface area contributed by atoms with E-state index < -0.39 is 0 Å².